The molecule has 0 aromatic heterocycles. The van der Waals surface area contributed by atoms with Crippen molar-refractivity contribution in [1.82, 2.24) is 0 Å². The van der Waals surface area contributed by atoms with E-state index in [1.807, 2.05) is 0 Å². The molecule has 0 saturated heterocycles. The Morgan fingerprint density at radius 2 is 1.70 bits per heavy atom. The molecule has 2 aromatic rings. The van der Waals surface area contributed by atoms with Gasteiger partial charge in [0, 0.05) is 5.69 Å². The van der Waals surface area contributed by atoms with Crippen LogP contribution in [0.2, 0.25) is 0 Å². The van der Waals surface area contributed by atoms with Gasteiger partial charge in [-0.2, -0.15) is 0 Å². The number of phenolic OH excluding ortho intramolecular Hbond substituents is 1. The van der Waals surface area contributed by atoms with Crippen LogP contribution in [0, 0.1) is 6.92 Å². The van der Waals surface area contributed by atoms with Crippen molar-refractivity contribution in [3.05, 3.63) is 59.2 Å². The van der Waals surface area contributed by atoms with Crippen LogP contribution in [0.1, 0.15) is 40.1 Å². The van der Waals surface area contributed by atoms with Crippen LogP contribution in [0.15, 0.2) is 42.5 Å². The Labute approximate surface area is 156 Å². The first-order valence-corrected chi connectivity index (χ1v) is 8.34. The number of carbonyl (C=O) groups excluding carboxylic acids is 3. The largest absolute Gasteiger partial charge is 0.507 e. The van der Waals surface area contributed by atoms with Crippen molar-refractivity contribution < 1.29 is 29.0 Å². The smallest absolute Gasteiger partial charge is 0.342 e. The maximum absolute atomic E-state index is 11.9. The number of aromatic hydroxyl groups is 1. The first-order chi connectivity index (χ1) is 12.8. The predicted octanol–water partition coefficient (Wildman–Crippen LogP) is 3.06. The number of anilines is 1. The Kier molecular flexibility index (Phi) is 6.54. The molecule has 0 atom stereocenters. The van der Waals surface area contributed by atoms with Crippen molar-refractivity contribution >= 4 is 23.5 Å². The maximum atomic E-state index is 11.9. The van der Waals surface area contributed by atoms with Gasteiger partial charge < -0.3 is 19.9 Å². The molecule has 0 aliphatic heterocycles. The van der Waals surface area contributed by atoms with Crippen molar-refractivity contribution in [3.8, 4) is 5.75 Å². The molecule has 0 aliphatic rings. The van der Waals surface area contributed by atoms with Crippen LogP contribution in [0.3, 0.4) is 0 Å². The Bertz CT molecular complexity index is 842. The van der Waals surface area contributed by atoms with Crippen LogP contribution < -0.4 is 5.32 Å². The first-order valence-electron chi connectivity index (χ1n) is 8.34. The van der Waals surface area contributed by atoms with Gasteiger partial charge in [-0.15, -0.1) is 0 Å². The highest BCUT2D eigenvalue weighted by molar-refractivity contribution is 5.97. The number of hydrogen-bond donors (Lipinski definition) is 2. The van der Waals surface area contributed by atoms with Gasteiger partial charge >= 0.3 is 11.9 Å². The van der Waals surface area contributed by atoms with Gasteiger partial charge in [0.15, 0.2) is 6.61 Å². The number of ether oxygens (including phenoxy) is 2. The number of benzene rings is 2. The summed E-state index contributed by atoms with van der Waals surface area (Å²) in [5, 5.41) is 12.3. The van der Waals surface area contributed by atoms with Crippen LogP contribution in [-0.4, -0.2) is 35.7 Å². The monoisotopic (exact) mass is 371 g/mol. The topological polar surface area (TPSA) is 102 Å². The Hall–Kier alpha value is -3.35. The molecule has 7 heteroatoms. The lowest BCUT2D eigenvalue weighted by Gasteiger charge is -2.09. The van der Waals surface area contributed by atoms with Crippen molar-refractivity contribution in [2.45, 2.75) is 26.9 Å². The maximum Gasteiger partial charge on any atom is 0.342 e. The van der Waals surface area contributed by atoms with E-state index >= 15 is 0 Å². The number of hydrogen-bond acceptors (Lipinski definition) is 6. The third-order valence-corrected chi connectivity index (χ3v) is 3.45. The molecule has 7 nitrogen and oxygen atoms in total. The summed E-state index contributed by atoms with van der Waals surface area (Å²) in [5.74, 6) is -2.00. The van der Waals surface area contributed by atoms with Gasteiger partial charge in [-0.05, 0) is 62.7 Å². The summed E-state index contributed by atoms with van der Waals surface area (Å²) in [4.78, 5) is 35.6. The minimum atomic E-state index is -0.797. The summed E-state index contributed by atoms with van der Waals surface area (Å²) in [7, 11) is 0. The average molecular weight is 371 g/mol. The zero-order valence-corrected chi connectivity index (χ0v) is 15.3. The summed E-state index contributed by atoms with van der Waals surface area (Å²) >= 11 is 0. The number of nitrogens with one attached hydrogen (secondary N) is 1. The van der Waals surface area contributed by atoms with Crippen LogP contribution in [-0.2, 0) is 14.3 Å². The van der Waals surface area contributed by atoms with Gasteiger partial charge in [0.05, 0.1) is 11.7 Å². The molecule has 0 saturated carbocycles. The fourth-order valence-corrected chi connectivity index (χ4v) is 2.19. The fourth-order valence-electron chi connectivity index (χ4n) is 2.19. The van der Waals surface area contributed by atoms with Crippen LogP contribution in [0.5, 0.6) is 5.75 Å². The second kappa shape index (κ2) is 8.84. The Balaban J connectivity index is 1.88. The molecule has 0 radical (unpaired) electrons. The minimum Gasteiger partial charge on any atom is -0.507 e. The number of carbonyl (C=O) groups is 3. The van der Waals surface area contributed by atoms with Gasteiger partial charge in [-0.3, -0.25) is 4.79 Å². The molecule has 142 valence electrons. The number of rotatable bonds is 6. The molecule has 2 aromatic carbocycles. The lowest BCUT2D eigenvalue weighted by molar-refractivity contribution is -0.119. The fraction of sp³-hybridized carbons (Fsp3) is 0.250. The highest BCUT2D eigenvalue weighted by Gasteiger charge is 2.15. The lowest BCUT2D eigenvalue weighted by Crippen LogP contribution is -2.21. The summed E-state index contributed by atoms with van der Waals surface area (Å²) in [6.45, 7) is 4.77. The number of esters is 2. The van der Waals surface area contributed by atoms with Gasteiger partial charge in [0.1, 0.15) is 11.3 Å². The zero-order valence-electron chi connectivity index (χ0n) is 15.3. The van der Waals surface area contributed by atoms with Crippen molar-refractivity contribution in [2.75, 3.05) is 11.9 Å². The standard InChI is InChI=1S/C20H21NO6/c1-12(2)27-19(24)14-5-7-15(8-6-14)21-18(23)11-26-20(25)16-9-4-13(3)10-17(16)22/h4-10,12,22H,11H2,1-3H3,(H,21,23). The van der Waals surface area contributed by atoms with E-state index in [2.05, 4.69) is 5.32 Å². The molecule has 27 heavy (non-hydrogen) atoms. The SMILES string of the molecule is Cc1ccc(C(=O)OCC(=O)Nc2ccc(C(=O)OC(C)C)cc2)c(O)c1. The number of aryl methyl sites for hydroxylation is 1. The van der Waals surface area contributed by atoms with Crippen molar-refractivity contribution in [3.63, 3.8) is 0 Å². The van der Waals surface area contributed by atoms with E-state index in [0.29, 0.717) is 11.3 Å². The van der Waals surface area contributed by atoms with Gasteiger partial charge in [0.2, 0.25) is 0 Å². The molecule has 0 heterocycles. The summed E-state index contributed by atoms with van der Waals surface area (Å²) in [6, 6.07) is 10.7. The third-order valence-electron chi connectivity index (χ3n) is 3.45. The zero-order chi connectivity index (χ0) is 20.0. The minimum absolute atomic E-state index is 0.0126. The molecular formula is C20H21NO6. The number of amides is 1. The molecule has 2 rings (SSSR count). The third kappa shape index (κ3) is 5.85. The van der Waals surface area contributed by atoms with E-state index in [0.717, 1.165) is 5.56 Å². The van der Waals surface area contributed by atoms with Crippen LogP contribution in [0.25, 0.3) is 0 Å². The quantitative estimate of drug-likeness (QED) is 0.757. The normalized spacial score (nSPS) is 10.4. The molecular weight excluding hydrogens is 350 g/mol. The Morgan fingerprint density at radius 1 is 1.04 bits per heavy atom. The molecule has 1 amide bonds. The second-order valence-electron chi connectivity index (χ2n) is 6.18. The van der Waals surface area contributed by atoms with Crippen molar-refractivity contribution in [2.24, 2.45) is 0 Å². The highest BCUT2D eigenvalue weighted by atomic mass is 16.5. The van der Waals surface area contributed by atoms with E-state index in [-0.39, 0.29) is 17.4 Å². The van der Waals surface area contributed by atoms with Crippen LogP contribution in [0.4, 0.5) is 5.69 Å². The van der Waals surface area contributed by atoms with E-state index in [9.17, 15) is 19.5 Å². The molecule has 0 bridgehead atoms. The van der Waals surface area contributed by atoms with E-state index in [1.54, 1.807) is 39.0 Å². The van der Waals surface area contributed by atoms with Gasteiger partial charge in [0.25, 0.3) is 5.91 Å². The molecule has 2 N–H and O–H groups in total. The molecule has 0 fully saturated rings. The van der Waals surface area contributed by atoms with Crippen molar-refractivity contribution in [1.29, 1.82) is 0 Å². The Morgan fingerprint density at radius 3 is 2.30 bits per heavy atom. The predicted molar refractivity (Wildman–Crippen MR) is 98.7 cm³/mol. The highest BCUT2D eigenvalue weighted by Crippen LogP contribution is 2.19. The van der Waals surface area contributed by atoms with Gasteiger partial charge in [-0.1, -0.05) is 6.07 Å². The van der Waals surface area contributed by atoms with Crippen LogP contribution >= 0.6 is 0 Å². The summed E-state index contributed by atoms with van der Waals surface area (Å²) in [5.41, 5.74) is 1.59. The molecule has 0 spiro atoms. The first kappa shape index (κ1) is 20.0. The van der Waals surface area contributed by atoms with Gasteiger partial charge in [-0.25, -0.2) is 9.59 Å². The summed E-state index contributed by atoms with van der Waals surface area (Å²) in [6.07, 6.45) is -0.223. The lowest BCUT2D eigenvalue weighted by atomic mass is 10.1. The second-order valence-corrected chi connectivity index (χ2v) is 6.18. The van der Waals surface area contributed by atoms with E-state index in [4.69, 9.17) is 9.47 Å². The van der Waals surface area contributed by atoms with E-state index < -0.39 is 24.5 Å². The van der Waals surface area contributed by atoms with E-state index in [1.165, 1.54) is 24.3 Å². The summed E-state index contributed by atoms with van der Waals surface area (Å²) < 4.78 is 9.98. The average Bonchev–Trinajstić information content (AvgIpc) is 2.59. The molecule has 0 unspecified atom stereocenters. The number of phenols is 1. The molecule has 0 aliphatic carbocycles.